The normalized spacial score (nSPS) is 17.1. The van der Waals surface area contributed by atoms with E-state index < -0.39 is 11.9 Å². The monoisotopic (exact) mass is 482 g/mol. The highest BCUT2D eigenvalue weighted by atomic mass is 16.4. The lowest BCUT2D eigenvalue weighted by Gasteiger charge is -2.30. The van der Waals surface area contributed by atoms with Crippen LogP contribution in [0.15, 0.2) is 60.7 Å². The lowest BCUT2D eigenvalue weighted by Crippen LogP contribution is -2.12. The first-order valence-electron chi connectivity index (χ1n) is 13.4. The van der Waals surface area contributed by atoms with E-state index >= 15 is 0 Å². The van der Waals surface area contributed by atoms with E-state index in [4.69, 9.17) is 0 Å². The summed E-state index contributed by atoms with van der Waals surface area (Å²) >= 11 is 0. The Morgan fingerprint density at radius 3 is 1.67 bits per heavy atom. The molecule has 3 aromatic carbocycles. The molecule has 0 spiro atoms. The molecule has 0 heterocycles. The standard InChI is InChI=1S/C32H34O4/c33-31(34)26-17-9-7-15-24(26)29-20-23(21-11-3-1-4-12-21)19-28(22-13-5-2-6-14-22)30(29)25-16-8-10-18-27(25)32(35)36/h7-10,15-22H,1-6,11-14H2,(H,33,34)(H,35,36). The van der Waals surface area contributed by atoms with Gasteiger partial charge in [-0.2, -0.15) is 0 Å². The molecule has 0 radical (unpaired) electrons. The Kier molecular flexibility index (Phi) is 7.22. The van der Waals surface area contributed by atoms with Gasteiger partial charge in [0.25, 0.3) is 0 Å². The topological polar surface area (TPSA) is 74.6 Å². The summed E-state index contributed by atoms with van der Waals surface area (Å²) in [5.41, 5.74) is 6.07. The largest absolute Gasteiger partial charge is 0.478 e. The van der Waals surface area contributed by atoms with Gasteiger partial charge in [-0.15, -0.1) is 0 Å². The third kappa shape index (κ3) is 4.82. The molecule has 186 valence electrons. The van der Waals surface area contributed by atoms with E-state index in [9.17, 15) is 19.8 Å². The molecule has 2 aliphatic rings. The van der Waals surface area contributed by atoms with Crippen molar-refractivity contribution in [2.75, 3.05) is 0 Å². The van der Waals surface area contributed by atoms with Gasteiger partial charge in [-0.3, -0.25) is 0 Å². The van der Waals surface area contributed by atoms with Crippen molar-refractivity contribution in [1.82, 2.24) is 0 Å². The zero-order valence-corrected chi connectivity index (χ0v) is 20.7. The van der Waals surface area contributed by atoms with E-state index in [0.29, 0.717) is 23.0 Å². The predicted octanol–water partition coefficient (Wildman–Crippen LogP) is 8.51. The van der Waals surface area contributed by atoms with Crippen LogP contribution in [0.1, 0.15) is 108 Å². The molecule has 0 bridgehead atoms. The van der Waals surface area contributed by atoms with E-state index in [1.165, 1.54) is 49.7 Å². The number of carbonyl (C=O) groups is 2. The summed E-state index contributed by atoms with van der Waals surface area (Å²) in [7, 11) is 0. The van der Waals surface area contributed by atoms with Gasteiger partial charge in [0.15, 0.2) is 0 Å². The van der Waals surface area contributed by atoms with E-state index in [-0.39, 0.29) is 11.1 Å². The van der Waals surface area contributed by atoms with E-state index in [2.05, 4.69) is 12.1 Å². The van der Waals surface area contributed by atoms with Gasteiger partial charge < -0.3 is 10.2 Å². The smallest absolute Gasteiger partial charge is 0.336 e. The highest BCUT2D eigenvalue weighted by Gasteiger charge is 2.28. The first kappa shape index (κ1) is 24.3. The third-order valence-corrected chi connectivity index (χ3v) is 8.19. The van der Waals surface area contributed by atoms with Gasteiger partial charge in [-0.05, 0) is 83.0 Å². The zero-order chi connectivity index (χ0) is 25.1. The minimum atomic E-state index is -0.967. The van der Waals surface area contributed by atoms with Gasteiger partial charge in [0.05, 0.1) is 11.1 Å². The summed E-state index contributed by atoms with van der Waals surface area (Å²) in [6.45, 7) is 0. The molecule has 0 amide bonds. The summed E-state index contributed by atoms with van der Waals surface area (Å²) in [6.07, 6.45) is 11.7. The fourth-order valence-corrected chi connectivity index (χ4v) is 6.40. The maximum Gasteiger partial charge on any atom is 0.336 e. The molecule has 2 fully saturated rings. The molecule has 2 saturated carbocycles. The van der Waals surface area contributed by atoms with Gasteiger partial charge in [0, 0.05) is 0 Å². The molecule has 0 saturated heterocycles. The van der Waals surface area contributed by atoms with Crippen molar-refractivity contribution in [1.29, 1.82) is 0 Å². The number of rotatable bonds is 6. The van der Waals surface area contributed by atoms with Crippen LogP contribution in [0.2, 0.25) is 0 Å². The summed E-state index contributed by atoms with van der Waals surface area (Å²) in [6, 6.07) is 18.9. The van der Waals surface area contributed by atoms with Crippen LogP contribution in [0, 0.1) is 0 Å². The average molecular weight is 483 g/mol. The van der Waals surface area contributed by atoms with Crippen LogP contribution in [0.25, 0.3) is 22.3 Å². The van der Waals surface area contributed by atoms with Crippen molar-refractivity contribution in [3.8, 4) is 22.3 Å². The second kappa shape index (κ2) is 10.7. The van der Waals surface area contributed by atoms with Gasteiger partial charge >= 0.3 is 11.9 Å². The Morgan fingerprint density at radius 2 is 1.08 bits per heavy atom. The Bertz CT molecular complexity index is 1260. The Morgan fingerprint density at radius 1 is 0.583 bits per heavy atom. The summed E-state index contributed by atoms with van der Waals surface area (Å²) in [4.78, 5) is 24.6. The maximum absolute atomic E-state index is 12.3. The summed E-state index contributed by atoms with van der Waals surface area (Å²) < 4.78 is 0. The molecule has 36 heavy (non-hydrogen) atoms. The summed E-state index contributed by atoms with van der Waals surface area (Å²) in [5, 5.41) is 20.2. The minimum Gasteiger partial charge on any atom is -0.478 e. The quantitative estimate of drug-likeness (QED) is 0.369. The Hall–Kier alpha value is -3.40. The molecule has 4 heteroatoms. The molecule has 5 rings (SSSR count). The van der Waals surface area contributed by atoms with Gasteiger partial charge in [0.1, 0.15) is 0 Å². The number of benzene rings is 3. The van der Waals surface area contributed by atoms with Crippen molar-refractivity contribution in [2.45, 2.75) is 76.0 Å². The number of aromatic carboxylic acids is 2. The van der Waals surface area contributed by atoms with Gasteiger partial charge in [0.2, 0.25) is 0 Å². The molecule has 2 N–H and O–H groups in total. The third-order valence-electron chi connectivity index (χ3n) is 8.19. The molecule has 0 atom stereocenters. The van der Waals surface area contributed by atoms with Crippen LogP contribution in [-0.2, 0) is 0 Å². The van der Waals surface area contributed by atoms with Crippen molar-refractivity contribution in [3.63, 3.8) is 0 Å². The highest BCUT2D eigenvalue weighted by molar-refractivity contribution is 6.03. The molecule has 4 nitrogen and oxygen atoms in total. The molecule has 3 aromatic rings. The highest BCUT2D eigenvalue weighted by Crippen LogP contribution is 2.47. The Labute approximate surface area is 213 Å². The van der Waals surface area contributed by atoms with Crippen LogP contribution in [0.5, 0.6) is 0 Å². The molecular weight excluding hydrogens is 448 g/mol. The Balaban J connectivity index is 1.85. The van der Waals surface area contributed by atoms with Crippen molar-refractivity contribution in [3.05, 3.63) is 82.9 Å². The molecular formula is C32H34O4. The fraction of sp³-hybridized carbons (Fsp3) is 0.375. The summed E-state index contributed by atoms with van der Waals surface area (Å²) in [5.74, 6) is -1.13. The van der Waals surface area contributed by atoms with Crippen LogP contribution < -0.4 is 0 Å². The number of hydrogen-bond donors (Lipinski definition) is 2. The number of carboxylic acids is 2. The first-order chi connectivity index (χ1) is 17.5. The fourth-order valence-electron chi connectivity index (χ4n) is 6.40. The van der Waals surface area contributed by atoms with Crippen LogP contribution in [-0.4, -0.2) is 22.2 Å². The first-order valence-corrected chi connectivity index (χ1v) is 13.4. The van der Waals surface area contributed by atoms with Gasteiger partial charge in [-0.25, -0.2) is 9.59 Å². The van der Waals surface area contributed by atoms with E-state index in [1.807, 2.05) is 24.3 Å². The zero-order valence-electron chi connectivity index (χ0n) is 20.7. The second-order valence-electron chi connectivity index (χ2n) is 10.4. The maximum atomic E-state index is 12.3. The number of carboxylic acid groups (broad SMARTS) is 2. The van der Waals surface area contributed by atoms with Crippen molar-refractivity contribution < 1.29 is 19.8 Å². The lowest BCUT2D eigenvalue weighted by molar-refractivity contribution is 0.0686. The van der Waals surface area contributed by atoms with E-state index in [0.717, 1.165) is 36.8 Å². The second-order valence-corrected chi connectivity index (χ2v) is 10.4. The van der Waals surface area contributed by atoms with Crippen molar-refractivity contribution >= 4 is 11.9 Å². The SMILES string of the molecule is O=C(O)c1ccccc1-c1cc(C2CCCCC2)cc(C2CCCCC2)c1-c1ccccc1C(=O)O. The van der Waals surface area contributed by atoms with Crippen molar-refractivity contribution in [2.24, 2.45) is 0 Å². The van der Waals surface area contributed by atoms with Crippen LogP contribution in [0.4, 0.5) is 0 Å². The van der Waals surface area contributed by atoms with Crippen LogP contribution in [0.3, 0.4) is 0 Å². The minimum absolute atomic E-state index is 0.252. The predicted molar refractivity (Wildman–Crippen MR) is 143 cm³/mol. The van der Waals surface area contributed by atoms with Crippen LogP contribution >= 0.6 is 0 Å². The van der Waals surface area contributed by atoms with Gasteiger partial charge in [-0.1, -0.05) is 87.1 Å². The number of hydrogen-bond acceptors (Lipinski definition) is 2. The molecule has 2 aliphatic carbocycles. The van der Waals surface area contributed by atoms with E-state index in [1.54, 1.807) is 24.3 Å². The molecule has 0 aliphatic heterocycles. The molecule has 0 unspecified atom stereocenters. The average Bonchev–Trinajstić information content (AvgIpc) is 2.93. The lowest BCUT2D eigenvalue weighted by atomic mass is 9.74. The molecule has 0 aromatic heterocycles.